The molecule has 21 heavy (non-hydrogen) atoms. The van der Waals surface area contributed by atoms with Crippen LogP contribution >= 0.6 is 0 Å². The second-order valence-electron chi connectivity index (χ2n) is 5.14. The van der Waals surface area contributed by atoms with Crippen LogP contribution in [0.25, 0.3) is 0 Å². The van der Waals surface area contributed by atoms with E-state index in [9.17, 15) is 9.59 Å². The lowest BCUT2D eigenvalue weighted by molar-refractivity contribution is 0.0922. The minimum Gasteiger partial charge on any atom is -0.394 e. The topological polar surface area (TPSA) is 122 Å². The molecule has 0 aromatic carbocycles. The number of ether oxygens (including phenoxy) is 1. The van der Waals surface area contributed by atoms with E-state index < -0.39 is 11.2 Å². The van der Waals surface area contributed by atoms with E-state index in [2.05, 4.69) is 10.3 Å². The van der Waals surface area contributed by atoms with Crippen molar-refractivity contribution in [2.75, 3.05) is 37.4 Å². The zero-order chi connectivity index (χ0) is 15.8. The Morgan fingerprint density at radius 3 is 2.71 bits per heavy atom. The molecule has 1 rings (SSSR count). The van der Waals surface area contributed by atoms with Crippen LogP contribution in [-0.2, 0) is 11.3 Å². The lowest BCUT2D eigenvalue weighted by Gasteiger charge is -2.15. The van der Waals surface area contributed by atoms with Gasteiger partial charge in [-0.25, -0.2) is 4.79 Å². The first-order chi connectivity index (χ1) is 9.97. The summed E-state index contributed by atoms with van der Waals surface area (Å²) in [5.41, 5.74) is 5.10. The van der Waals surface area contributed by atoms with Gasteiger partial charge in [-0.1, -0.05) is 13.8 Å². The summed E-state index contributed by atoms with van der Waals surface area (Å²) in [5, 5.41) is 11.5. The van der Waals surface area contributed by atoms with Gasteiger partial charge in [0, 0.05) is 19.7 Å². The molecule has 0 radical (unpaired) electrons. The van der Waals surface area contributed by atoms with Gasteiger partial charge in [-0.05, 0) is 12.3 Å². The highest BCUT2D eigenvalue weighted by Crippen LogP contribution is 2.11. The summed E-state index contributed by atoms with van der Waals surface area (Å²) < 4.78 is 6.47. The summed E-state index contributed by atoms with van der Waals surface area (Å²) >= 11 is 0. The number of H-pyrrole nitrogens is 1. The summed E-state index contributed by atoms with van der Waals surface area (Å²) in [6, 6.07) is 0. The van der Waals surface area contributed by atoms with Gasteiger partial charge < -0.3 is 20.9 Å². The van der Waals surface area contributed by atoms with Gasteiger partial charge in [0.05, 0.1) is 13.2 Å². The Morgan fingerprint density at radius 1 is 1.38 bits per heavy atom. The Kier molecular flexibility index (Phi) is 6.97. The van der Waals surface area contributed by atoms with Crippen LogP contribution in [0.5, 0.6) is 0 Å². The van der Waals surface area contributed by atoms with Gasteiger partial charge in [0.1, 0.15) is 11.5 Å². The first-order valence-corrected chi connectivity index (χ1v) is 7.02. The number of nitrogens with one attached hydrogen (secondary N) is 2. The summed E-state index contributed by atoms with van der Waals surface area (Å²) in [4.78, 5) is 25.8. The predicted octanol–water partition coefficient (Wildman–Crippen LogP) is -0.414. The van der Waals surface area contributed by atoms with Gasteiger partial charge in [0.15, 0.2) is 0 Å². The van der Waals surface area contributed by atoms with Crippen LogP contribution in [-0.4, -0.2) is 41.0 Å². The van der Waals surface area contributed by atoms with Crippen molar-refractivity contribution in [1.82, 2.24) is 9.55 Å². The van der Waals surface area contributed by atoms with Crippen molar-refractivity contribution in [3.63, 3.8) is 0 Å². The fourth-order valence-corrected chi connectivity index (χ4v) is 1.86. The molecular formula is C13H24N4O4. The van der Waals surface area contributed by atoms with E-state index in [0.29, 0.717) is 32.7 Å². The number of aromatic amines is 1. The second kappa shape index (κ2) is 8.48. The molecule has 0 fully saturated rings. The van der Waals surface area contributed by atoms with Crippen LogP contribution < -0.4 is 22.3 Å². The molecule has 8 heteroatoms. The van der Waals surface area contributed by atoms with E-state index >= 15 is 0 Å². The van der Waals surface area contributed by atoms with E-state index in [0.717, 1.165) is 0 Å². The van der Waals surface area contributed by atoms with E-state index in [4.69, 9.17) is 15.6 Å². The van der Waals surface area contributed by atoms with Crippen molar-refractivity contribution in [3.05, 3.63) is 20.8 Å². The fraction of sp³-hybridized carbons (Fsp3) is 0.692. The van der Waals surface area contributed by atoms with E-state index in [1.54, 1.807) is 0 Å². The minimum atomic E-state index is -0.520. The maximum atomic E-state index is 11.8. The lowest BCUT2D eigenvalue weighted by Crippen LogP contribution is -2.35. The minimum absolute atomic E-state index is 0.0137. The van der Waals surface area contributed by atoms with Gasteiger partial charge >= 0.3 is 5.69 Å². The molecule has 0 saturated heterocycles. The Bertz CT molecular complexity index is 550. The zero-order valence-electron chi connectivity index (χ0n) is 12.5. The normalized spacial score (nSPS) is 11.0. The number of aliphatic hydroxyl groups is 1. The lowest BCUT2D eigenvalue weighted by atomic mass is 10.2. The second-order valence-corrected chi connectivity index (χ2v) is 5.14. The molecule has 5 N–H and O–H groups in total. The van der Waals surface area contributed by atoms with Gasteiger partial charge in [0.25, 0.3) is 5.56 Å². The molecule has 0 unspecified atom stereocenters. The highest BCUT2D eigenvalue weighted by Gasteiger charge is 2.12. The Balaban J connectivity index is 2.73. The molecule has 0 aliphatic carbocycles. The molecule has 0 amide bonds. The number of nitrogens with two attached hydrogens (primary N) is 1. The van der Waals surface area contributed by atoms with Crippen molar-refractivity contribution >= 4 is 11.5 Å². The zero-order valence-corrected chi connectivity index (χ0v) is 12.5. The summed E-state index contributed by atoms with van der Waals surface area (Å²) in [7, 11) is 0. The van der Waals surface area contributed by atoms with Crippen molar-refractivity contribution < 1.29 is 9.84 Å². The molecule has 1 aromatic rings. The Morgan fingerprint density at radius 2 is 2.10 bits per heavy atom. The maximum absolute atomic E-state index is 11.8. The molecule has 0 aliphatic heterocycles. The molecular weight excluding hydrogens is 276 g/mol. The number of anilines is 2. The highest BCUT2D eigenvalue weighted by atomic mass is 16.5. The molecule has 0 atom stereocenters. The summed E-state index contributed by atoms with van der Waals surface area (Å²) in [6.07, 6.45) is 0.655. The van der Waals surface area contributed by atoms with Gasteiger partial charge in [-0.2, -0.15) is 0 Å². The van der Waals surface area contributed by atoms with Crippen molar-refractivity contribution in [3.8, 4) is 0 Å². The van der Waals surface area contributed by atoms with Crippen LogP contribution in [0.15, 0.2) is 9.59 Å². The number of rotatable bonds is 9. The van der Waals surface area contributed by atoms with Gasteiger partial charge in [-0.3, -0.25) is 14.3 Å². The maximum Gasteiger partial charge on any atom is 0.330 e. The SMILES string of the molecule is CC(C)Cn1c(N)c(NCCCOCCO)c(=O)[nH]c1=O. The molecule has 0 spiro atoms. The average Bonchev–Trinajstić information content (AvgIpc) is 2.41. The third-order valence-electron chi connectivity index (χ3n) is 2.79. The average molecular weight is 300 g/mol. The van der Waals surface area contributed by atoms with E-state index in [1.807, 2.05) is 13.8 Å². The Labute approximate surface area is 122 Å². The molecule has 0 bridgehead atoms. The van der Waals surface area contributed by atoms with Crippen LogP contribution in [0, 0.1) is 5.92 Å². The number of aliphatic hydroxyl groups excluding tert-OH is 1. The monoisotopic (exact) mass is 300 g/mol. The highest BCUT2D eigenvalue weighted by molar-refractivity contribution is 5.60. The number of nitrogens with zero attached hydrogens (tertiary/aromatic N) is 1. The number of hydrogen-bond donors (Lipinski definition) is 4. The molecule has 120 valence electrons. The van der Waals surface area contributed by atoms with Crippen molar-refractivity contribution in [1.29, 1.82) is 0 Å². The number of hydrogen-bond acceptors (Lipinski definition) is 6. The number of aromatic nitrogens is 2. The van der Waals surface area contributed by atoms with E-state index in [-0.39, 0.29) is 24.0 Å². The molecule has 1 heterocycles. The molecule has 8 nitrogen and oxygen atoms in total. The van der Waals surface area contributed by atoms with Gasteiger partial charge in [-0.15, -0.1) is 0 Å². The van der Waals surface area contributed by atoms with E-state index in [1.165, 1.54) is 4.57 Å². The summed E-state index contributed by atoms with van der Waals surface area (Å²) in [6.45, 7) is 5.60. The Hall–Kier alpha value is -1.80. The fourth-order valence-electron chi connectivity index (χ4n) is 1.86. The summed E-state index contributed by atoms with van der Waals surface area (Å²) in [5.74, 6) is 0.379. The third kappa shape index (κ3) is 5.24. The number of nitrogen functional groups attached to an aromatic ring is 1. The molecule has 1 aromatic heterocycles. The van der Waals surface area contributed by atoms with Crippen LogP contribution in [0.2, 0.25) is 0 Å². The van der Waals surface area contributed by atoms with Gasteiger partial charge in [0.2, 0.25) is 0 Å². The van der Waals surface area contributed by atoms with Crippen molar-refractivity contribution in [2.45, 2.75) is 26.8 Å². The largest absolute Gasteiger partial charge is 0.394 e. The first kappa shape index (κ1) is 17.3. The van der Waals surface area contributed by atoms with Crippen molar-refractivity contribution in [2.24, 2.45) is 5.92 Å². The van der Waals surface area contributed by atoms with Crippen LogP contribution in [0.3, 0.4) is 0 Å². The molecule has 0 aliphatic rings. The first-order valence-electron chi connectivity index (χ1n) is 7.02. The third-order valence-corrected chi connectivity index (χ3v) is 2.79. The quantitative estimate of drug-likeness (QED) is 0.460. The predicted molar refractivity (Wildman–Crippen MR) is 81.6 cm³/mol. The van der Waals surface area contributed by atoms with Crippen LogP contribution in [0.1, 0.15) is 20.3 Å². The smallest absolute Gasteiger partial charge is 0.330 e. The standard InChI is InChI=1S/C13H24N4O4/c1-9(2)8-17-11(14)10(12(19)16-13(17)20)15-4-3-6-21-7-5-18/h9,15,18H,3-8,14H2,1-2H3,(H,16,19,20). The van der Waals surface area contributed by atoms with Crippen LogP contribution in [0.4, 0.5) is 11.5 Å². The molecule has 0 saturated carbocycles.